The van der Waals surface area contributed by atoms with Gasteiger partial charge in [0.2, 0.25) is 0 Å². The average Bonchev–Trinajstić information content (AvgIpc) is 3.22. The van der Waals surface area contributed by atoms with E-state index in [1.807, 2.05) is 51.1 Å². The Bertz CT molecular complexity index is 1180. The molecule has 0 saturated heterocycles. The second-order valence-electron chi connectivity index (χ2n) is 8.39. The zero-order valence-corrected chi connectivity index (χ0v) is 22.5. The summed E-state index contributed by atoms with van der Waals surface area (Å²) in [6, 6.07) is 17.9. The van der Waals surface area contributed by atoms with E-state index in [0.717, 1.165) is 29.4 Å². The van der Waals surface area contributed by atoms with Crippen LogP contribution in [0.15, 0.2) is 95.8 Å². The second kappa shape index (κ2) is 15.6. The lowest BCUT2D eigenvalue weighted by Gasteiger charge is -2.16. The largest absolute Gasteiger partial charge is 0.433 e. The van der Waals surface area contributed by atoms with Crippen LogP contribution in [-0.4, -0.2) is 34.9 Å². The lowest BCUT2D eigenvalue weighted by molar-refractivity contribution is -0.0922. The molecule has 2 heterocycles. The van der Waals surface area contributed by atoms with Gasteiger partial charge in [-0.15, -0.1) is 0 Å². The number of aliphatic imine (C=N–C) groups is 1. The summed E-state index contributed by atoms with van der Waals surface area (Å²) in [5.74, 6) is 0.851. The highest BCUT2D eigenvalue weighted by Gasteiger charge is 2.33. The number of allylic oxidation sites excluding steroid dienone is 3. The number of alkyl halides is 3. The van der Waals surface area contributed by atoms with Gasteiger partial charge in [-0.25, -0.2) is 4.98 Å². The molecule has 38 heavy (non-hydrogen) atoms. The van der Waals surface area contributed by atoms with E-state index < -0.39 is 17.9 Å². The number of H-pyrrole nitrogens is 1. The molecule has 1 aliphatic heterocycles. The van der Waals surface area contributed by atoms with Gasteiger partial charge in [0, 0.05) is 18.5 Å². The number of fused-ring (bicyclic) bond motifs is 1. The van der Waals surface area contributed by atoms with Gasteiger partial charge in [-0.2, -0.15) is 13.2 Å². The quantitative estimate of drug-likeness (QED) is 0.286. The van der Waals surface area contributed by atoms with Crippen LogP contribution >= 0.6 is 0 Å². The summed E-state index contributed by atoms with van der Waals surface area (Å²) in [4.78, 5) is 11.4. The first-order valence-corrected chi connectivity index (χ1v) is 12.9. The summed E-state index contributed by atoms with van der Waals surface area (Å²) in [6.45, 7) is 12.8. The Balaban J connectivity index is 0.000000428. The molecule has 2 atom stereocenters. The van der Waals surface area contributed by atoms with Gasteiger partial charge in [0.15, 0.2) is 0 Å². The van der Waals surface area contributed by atoms with Crippen LogP contribution in [0.2, 0.25) is 0 Å². The number of imidazole rings is 1. The summed E-state index contributed by atoms with van der Waals surface area (Å²) >= 11 is 0. The number of halogens is 3. The molecular weight excluding hydrogens is 487 g/mol. The molecule has 1 aromatic heterocycles. The topological polar surface area (TPSA) is 65.1 Å². The van der Waals surface area contributed by atoms with E-state index in [1.54, 1.807) is 6.08 Å². The van der Waals surface area contributed by atoms with Crippen molar-refractivity contribution in [3.05, 3.63) is 102 Å². The Kier molecular flexibility index (Phi) is 12.5. The number of aromatic nitrogens is 2. The Hall–Kier alpha value is -3.65. The fourth-order valence-corrected chi connectivity index (χ4v) is 3.51. The van der Waals surface area contributed by atoms with Gasteiger partial charge in [0.1, 0.15) is 11.5 Å². The maximum atomic E-state index is 12.7. The van der Waals surface area contributed by atoms with Gasteiger partial charge in [-0.3, -0.25) is 4.99 Å². The van der Waals surface area contributed by atoms with Crippen molar-refractivity contribution in [1.82, 2.24) is 20.6 Å². The van der Waals surface area contributed by atoms with Gasteiger partial charge in [-0.1, -0.05) is 82.0 Å². The minimum atomic E-state index is -4.45. The van der Waals surface area contributed by atoms with Crippen molar-refractivity contribution in [1.29, 1.82) is 0 Å². The number of nitrogens with zero attached hydrogens (tertiary/aromatic N) is 2. The van der Waals surface area contributed by atoms with Crippen molar-refractivity contribution >= 4 is 17.2 Å². The summed E-state index contributed by atoms with van der Waals surface area (Å²) in [5, 5.41) is 6.43. The van der Waals surface area contributed by atoms with E-state index in [1.165, 1.54) is 17.9 Å². The lowest BCUT2D eigenvalue weighted by atomic mass is 10.2. The molecule has 0 bridgehead atoms. The number of aromatic amines is 1. The average molecular weight is 526 g/mol. The van der Waals surface area contributed by atoms with E-state index in [9.17, 15) is 13.2 Å². The smallest absolute Gasteiger partial charge is 0.378 e. The summed E-state index contributed by atoms with van der Waals surface area (Å²) < 4.78 is 38.1. The number of aryl methyl sites for hydroxylation is 1. The fourth-order valence-electron chi connectivity index (χ4n) is 3.51. The highest BCUT2D eigenvalue weighted by Crippen LogP contribution is 2.27. The van der Waals surface area contributed by atoms with Crippen molar-refractivity contribution in [2.45, 2.75) is 58.8 Å². The molecule has 3 aromatic rings. The molecule has 3 N–H and O–H groups in total. The van der Waals surface area contributed by atoms with E-state index in [4.69, 9.17) is 0 Å². The maximum Gasteiger partial charge on any atom is 0.433 e. The van der Waals surface area contributed by atoms with Crippen molar-refractivity contribution < 1.29 is 13.2 Å². The van der Waals surface area contributed by atoms with Crippen molar-refractivity contribution in [3.63, 3.8) is 0 Å². The molecule has 8 heteroatoms. The van der Waals surface area contributed by atoms with Crippen molar-refractivity contribution in [2.75, 3.05) is 6.54 Å². The summed E-state index contributed by atoms with van der Waals surface area (Å²) in [6.07, 6.45) is 2.45. The molecule has 2 aromatic carbocycles. The SMILES string of the molecule is C=C(CCNC(C)c1nc2ccccc2[nH]1)NC1C=CC=C(C(F)(F)F)N=C1.CC.CCc1ccccc1. The third-order valence-corrected chi connectivity index (χ3v) is 5.55. The minimum absolute atomic E-state index is 0.0260. The monoisotopic (exact) mass is 525 g/mol. The number of rotatable bonds is 8. The molecule has 4 rings (SSSR count). The predicted molar refractivity (Wildman–Crippen MR) is 152 cm³/mol. The van der Waals surface area contributed by atoms with Crippen LogP contribution in [0.3, 0.4) is 0 Å². The van der Waals surface area contributed by atoms with Crippen LogP contribution in [0.4, 0.5) is 13.2 Å². The molecule has 0 fully saturated rings. The molecule has 0 spiro atoms. The molecule has 204 valence electrons. The molecule has 2 unspecified atom stereocenters. The summed E-state index contributed by atoms with van der Waals surface area (Å²) in [7, 11) is 0. The molecule has 5 nitrogen and oxygen atoms in total. The van der Waals surface area contributed by atoms with Crippen LogP contribution in [-0.2, 0) is 6.42 Å². The third kappa shape index (κ3) is 10.0. The molecular formula is C30H38F3N5. The highest BCUT2D eigenvalue weighted by atomic mass is 19.4. The summed E-state index contributed by atoms with van der Waals surface area (Å²) in [5.41, 5.74) is 3.11. The second-order valence-corrected chi connectivity index (χ2v) is 8.39. The first kappa shape index (κ1) is 30.6. The Morgan fingerprint density at radius 2 is 1.76 bits per heavy atom. The molecule has 0 amide bonds. The highest BCUT2D eigenvalue weighted by molar-refractivity contribution is 5.74. The van der Waals surface area contributed by atoms with Gasteiger partial charge in [0.25, 0.3) is 0 Å². The Morgan fingerprint density at radius 3 is 2.39 bits per heavy atom. The fraction of sp³-hybridized carbons (Fsp3) is 0.333. The number of benzene rings is 2. The Morgan fingerprint density at radius 1 is 1.08 bits per heavy atom. The number of nitrogens with one attached hydrogen (secondary N) is 3. The van der Waals surface area contributed by atoms with Gasteiger partial charge >= 0.3 is 6.18 Å². The molecule has 0 saturated carbocycles. The van der Waals surface area contributed by atoms with E-state index in [0.29, 0.717) is 18.7 Å². The first-order chi connectivity index (χ1) is 18.3. The zero-order chi connectivity index (χ0) is 28.0. The van der Waals surface area contributed by atoms with Gasteiger partial charge < -0.3 is 15.6 Å². The van der Waals surface area contributed by atoms with Crippen LogP contribution < -0.4 is 10.6 Å². The van der Waals surface area contributed by atoms with E-state index >= 15 is 0 Å². The predicted octanol–water partition coefficient (Wildman–Crippen LogP) is 7.44. The van der Waals surface area contributed by atoms with Crippen LogP contribution in [0.1, 0.15) is 51.5 Å². The van der Waals surface area contributed by atoms with E-state index in [-0.39, 0.29) is 6.04 Å². The molecule has 1 aliphatic rings. The molecule has 0 radical (unpaired) electrons. The maximum absolute atomic E-state index is 12.7. The zero-order valence-electron chi connectivity index (χ0n) is 22.5. The van der Waals surface area contributed by atoms with Gasteiger partial charge in [-0.05, 0) is 43.5 Å². The van der Waals surface area contributed by atoms with Crippen molar-refractivity contribution in [3.8, 4) is 0 Å². The third-order valence-electron chi connectivity index (χ3n) is 5.55. The lowest BCUT2D eigenvalue weighted by Crippen LogP contribution is -2.30. The number of para-hydroxylation sites is 2. The van der Waals surface area contributed by atoms with E-state index in [2.05, 4.69) is 63.4 Å². The van der Waals surface area contributed by atoms with Gasteiger partial charge in [0.05, 0.1) is 23.1 Å². The number of hydrogen-bond acceptors (Lipinski definition) is 4. The minimum Gasteiger partial charge on any atom is -0.378 e. The van der Waals surface area contributed by atoms with Crippen LogP contribution in [0.25, 0.3) is 11.0 Å². The Labute approximate surface area is 223 Å². The van der Waals surface area contributed by atoms with Crippen LogP contribution in [0, 0.1) is 0 Å². The molecule has 0 aliphatic carbocycles. The van der Waals surface area contributed by atoms with Crippen molar-refractivity contribution in [2.24, 2.45) is 4.99 Å². The first-order valence-electron chi connectivity index (χ1n) is 12.9. The standard InChI is InChI=1S/C20H22F3N5.C8H10.C2H6/c1-13(26-15-6-5-9-18(25-12-15)20(21,22)23)10-11-24-14(2)19-27-16-7-3-4-8-17(16)28-19;1-2-8-6-4-3-5-7-8;1-2/h3-9,12,14-15,24,26H,1,10-11H2,2H3,(H,27,28);3-7H,2H2,1H3;1-2H3. The van der Waals surface area contributed by atoms with Crippen LogP contribution in [0.5, 0.6) is 0 Å². The normalized spacial score (nSPS) is 15.3. The number of hydrogen-bond donors (Lipinski definition) is 3.